The van der Waals surface area contributed by atoms with Crippen molar-refractivity contribution in [2.45, 2.75) is 13.3 Å². The van der Waals surface area contributed by atoms with E-state index in [1.54, 1.807) is 31.4 Å². The zero-order valence-corrected chi connectivity index (χ0v) is 16.5. The van der Waals surface area contributed by atoms with Crippen LogP contribution in [0.3, 0.4) is 0 Å². The second kappa shape index (κ2) is 9.19. The number of methoxy groups -OCH3 is 1. The predicted molar refractivity (Wildman–Crippen MR) is 111 cm³/mol. The molecular formula is C21H21ClN4O2. The first-order chi connectivity index (χ1) is 13.6. The molecule has 1 amide bonds. The zero-order chi connectivity index (χ0) is 19.9. The van der Waals surface area contributed by atoms with Crippen LogP contribution in [0.5, 0.6) is 5.75 Å². The molecule has 0 fully saturated rings. The number of carbonyl (C=O) groups is 1. The Hall–Kier alpha value is -3.12. The third kappa shape index (κ3) is 4.98. The van der Waals surface area contributed by atoms with E-state index in [1.165, 1.54) is 0 Å². The van der Waals surface area contributed by atoms with Crippen molar-refractivity contribution in [2.24, 2.45) is 0 Å². The summed E-state index contributed by atoms with van der Waals surface area (Å²) in [5, 5.41) is 14.6. The van der Waals surface area contributed by atoms with Gasteiger partial charge in [0, 0.05) is 17.3 Å². The molecule has 2 aromatic carbocycles. The summed E-state index contributed by atoms with van der Waals surface area (Å²) >= 11 is 6.08. The molecule has 0 atom stereocenters. The monoisotopic (exact) mass is 396 g/mol. The van der Waals surface area contributed by atoms with Gasteiger partial charge in [-0.3, -0.25) is 4.79 Å². The molecule has 0 radical (unpaired) electrons. The maximum Gasteiger partial charge on any atom is 0.276 e. The first-order valence-corrected chi connectivity index (χ1v) is 9.21. The average molecular weight is 397 g/mol. The van der Waals surface area contributed by atoms with Gasteiger partial charge in [-0.25, -0.2) is 0 Å². The number of nitrogens with one attached hydrogen (secondary N) is 2. The Kier molecular flexibility index (Phi) is 6.45. The first kappa shape index (κ1) is 19.6. The van der Waals surface area contributed by atoms with Crippen LogP contribution in [-0.4, -0.2) is 29.8 Å². The van der Waals surface area contributed by atoms with E-state index in [0.717, 1.165) is 23.3 Å². The molecule has 28 heavy (non-hydrogen) atoms. The van der Waals surface area contributed by atoms with Crippen LogP contribution in [0.25, 0.3) is 0 Å². The van der Waals surface area contributed by atoms with Crippen LogP contribution in [-0.2, 0) is 6.42 Å². The molecule has 0 bridgehead atoms. The molecule has 0 aliphatic heterocycles. The number of benzene rings is 2. The van der Waals surface area contributed by atoms with E-state index in [9.17, 15) is 4.79 Å². The van der Waals surface area contributed by atoms with Crippen LogP contribution < -0.4 is 15.4 Å². The van der Waals surface area contributed by atoms with Gasteiger partial charge in [-0.1, -0.05) is 35.9 Å². The van der Waals surface area contributed by atoms with E-state index in [2.05, 4.69) is 20.8 Å². The lowest BCUT2D eigenvalue weighted by atomic mass is 10.1. The number of hydrogen-bond acceptors (Lipinski definition) is 5. The van der Waals surface area contributed by atoms with E-state index >= 15 is 0 Å². The minimum Gasteiger partial charge on any atom is -0.496 e. The number of nitrogens with zero attached hydrogens (tertiary/aromatic N) is 2. The van der Waals surface area contributed by atoms with E-state index in [-0.39, 0.29) is 11.6 Å². The fourth-order valence-corrected chi connectivity index (χ4v) is 2.83. The average Bonchev–Trinajstić information content (AvgIpc) is 2.71. The fourth-order valence-electron chi connectivity index (χ4n) is 2.65. The first-order valence-electron chi connectivity index (χ1n) is 8.84. The molecule has 7 heteroatoms. The quantitative estimate of drug-likeness (QED) is 0.620. The van der Waals surface area contributed by atoms with Gasteiger partial charge >= 0.3 is 0 Å². The smallest absolute Gasteiger partial charge is 0.276 e. The Morgan fingerprint density at radius 3 is 2.64 bits per heavy atom. The van der Waals surface area contributed by atoms with E-state index < -0.39 is 0 Å². The second-order valence-electron chi connectivity index (χ2n) is 6.21. The number of hydrogen-bond donors (Lipinski definition) is 2. The molecule has 3 aromatic rings. The topological polar surface area (TPSA) is 76.1 Å². The number of anilines is 2. The summed E-state index contributed by atoms with van der Waals surface area (Å²) in [7, 11) is 1.66. The molecule has 1 heterocycles. The lowest BCUT2D eigenvalue weighted by molar-refractivity contribution is 0.102. The van der Waals surface area contributed by atoms with Gasteiger partial charge in [0.15, 0.2) is 5.69 Å². The number of ether oxygens (including phenoxy) is 1. The molecule has 0 aliphatic rings. The predicted octanol–water partition coefficient (Wildman–Crippen LogP) is 4.35. The van der Waals surface area contributed by atoms with E-state index in [0.29, 0.717) is 23.1 Å². The highest BCUT2D eigenvalue weighted by Gasteiger charge is 2.10. The molecule has 144 valence electrons. The fraction of sp³-hybridized carbons (Fsp3) is 0.190. The lowest BCUT2D eigenvalue weighted by Gasteiger charge is -2.09. The van der Waals surface area contributed by atoms with E-state index in [1.807, 2.05) is 37.3 Å². The van der Waals surface area contributed by atoms with Gasteiger partial charge in [-0.2, -0.15) is 0 Å². The van der Waals surface area contributed by atoms with E-state index in [4.69, 9.17) is 16.3 Å². The third-order valence-corrected chi connectivity index (χ3v) is 4.63. The van der Waals surface area contributed by atoms with Gasteiger partial charge in [0.05, 0.1) is 7.11 Å². The van der Waals surface area contributed by atoms with Crippen LogP contribution in [0, 0.1) is 6.92 Å². The van der Waals surface area contributed by atoms with Crippen molar-refractivity contribution in [3.63, 3.8) is 0 Å². The molecule has 0 aliphatic carbocycles. The highest BCUT2D eigenvalue weighted by molar-refractivity contribution is 6.31. The molecule has 2 N–H and O–H groups in total. The summed E-state index contributed by atoms with van der Waals surface area (Å²) in [6, 6.07) is 16.6. The molecule has 0 saturated heterocycles. The van der Waals surface area contributed by atoms with Crippen LogP contribution in [0.4, 0.5) is 11.5 Å². The van der Waals surface area contributed by atoms with Crippen molar-refractivity contribution in [1.29, 1.82) is 0 Å². The number of carbonyl (C=O) groups excluding carboxylic acids is 1. The molecule has 3 rings (SSSR count). The number of aromatic nitrogens is 2. The minimum absolute atomic E-state index is 0.229. The highest BCUT2D eigenvalue weighted by Crippen LogP contribution is 2.20. The standard InChI is InChI=1S/C21H21ClN4O2/c1-14-7-8-16(13-17(14)22)24-21(27)18-9-10-20(26-25-18)23-12-11-15-5-3-4-6-19(15)28-2/h3-10,13H,11-12H2,1-2H3,(H,23,26)(H,24,27). The van der Waals surface area contributed by atoms with Crippen molar-refractivity contribution in [3.05, 3.63) is 76.4 Å². The molecule has 1 aromatic heterocycles. The van der Waals surface area contributed by atoms with Gasteiger partial charge in [0.2, 0.25) is 0 Å². The number of amides is 1. The molecular weight excluding hydrogens is 376 g/mol. The minimum atomic E-state index is -0.340. The normalized spacial score (nSPS) is 10.4. The Morgan fingerprint density at radius 2 is 1.93 bits per heavy atom. The summed E-state index contributed by atoms with van der Waals surface area (Å²) in [5.41, 5.74) is 2.90. The number of rotatable bonds is 7. The van der Waals surface area contributed by atoms with Gasteiger partial charge in [-0.15, -0.1) is 10.2 Å². The number of aryl methyl sites for hydroxylation is 1. The summed E-state index contributed by atoms with van der Waals surface area (Å²) in [6.07, 6.45) is 0.780. The summed E-state index contributed by atoms with van der Waals surface area (Å²) in [5.74, 6) is 1.12. The molecule has 0 saturated carbocycles. The molecule has 0 unspecified atom stereocenters. The van der Waals surface area contributed by atoms with Crippen LogP contribution in [0.15, 0.2) is 54.6 Å². The van der Waals surface area contributed by atoms with Gasteiger partial charge < -0.3 is 15.4 Å². The van der Waals surface area contributed by atoms with Crippen molar-refractivity contribution >= 4 is 29.0 Å². The van der Waals surface area contributed by atoms with Crippen LogP contribution in [0.2, 0.25) is 5.02 Å². The number of halogens is 1. The molecule has 0 spiro atoms. The van der Waals surface area contributed by atoms with Gasteiger partial charge in [0.25, 0.3) is 5.91 Å². The van der Waals surface area contributed by atoms with Crippen molar-refractivity contribution in [1.82, 2.24) is 10.2 Å². The Morgan fingerprint density at radius 1 is 1.11 bits per heavy atom. The summed E-state index contributed by atoms with van der Waals surface area (Å²) in [6.45, 7) is 2.57. The van der Waals surface area contributed by atoms with Gasteiger partial charge in [0.1, 0.15) is 11.6 Å². The van der Waals surface area contributed by atoms with Crippen molar-refractivity contribution < 1.29 is 9.53 Å². The van der Waals surface area contributed by atoms with Crippen LogP contribution in [0.1, 0.15) is 21.6 Å². The Balaban J connectivity index is 1.55. The largest absolute Gasteiger partial charge is 0.496 e. The second-order valence-corrected chi connectivity index (χ2v) is 6.62. The molecule has 6 nitrogen and oxygen atoms in total. The Labute approximate surface area is 168 Å². The summed E-state index contributed by atoms with van der Waals surface area (Å²) in [4.78, 5) is 12.3. The lowest BCUT2D eigenvalue weighted by Crippen LogP contribution is -2.15. The Bertz CT molecular complexity index is 961. The number of para-hydroxylation sites is 1. The van der Waals surface area contributed by atoms with Crippen molar-refractivity contribution in [3.8, 4) is 5.75 Å². The summed E-state index contributed by atoms with van der Waals surface area (Å²) < 4.78 is 5.34. The van der Waals surface area contributed by atoms with Crippen molar-refractivity contribution in [2.75, 3.05) is 24.3 Å². The zero-order valence-electron chi connectivity index (χ0n) is 15.7. The van der Waals surface area contributed by atoms with Gasteiger partial charge in [-0.05, 0) is 54.8 Å². The SMILES string of the molecule is COc1ccccc1CCNc1ccc(C(=O)Nc2ccc(C)c(Cl)c2)nn1. The maximum atomic E-state index is 12.3. The third-order valence-electron chi connectivity index (χ3n) is 4.22. The highest BCUT2D eigenvalue weighted by atomic mass is 35.5. The maximum absolute atomic E-state index is 12.3. The van der Waals surface area contributed by atoms with Crippen LogP contribution >= 0.6 is 11.6 Å².